The van der Waals surface area contributed by atoms with Crippen molar-refractivity contribution >= 4 is 0 Å². The predicted molar refractivity (Wildman–Crippen MR) is 76.2 cm³/mol. The number of halogens is 1. The van der Waals surface area contributed by atoms with Crippen LogP contribution in [0.3, 0.4) is 0 Å². The monoisotopic (exact) mass is 277 g/mol. The van der Waals surface area contributed by atoms with Gasteiger partial charge in [0.1, 0.15) is 5.82 Å². The second kappa shape index (κ2) is 5.73. The highest BCUT2D eigenvalue weighted by atomic mass is 19.1. The van der Waals surface area contributed by atoms with Gasteiger partial charge in [0.15, 0.2) is 0 Å². The fraction of sp³-hybridized carbons (Fsp3) is 0.400. The van der Waals surface area contributed by atoms with E-state index in [1.54, 1.807) is 30.7 Å². The summed E-state index contributed by atoms with van der Waals surface area (Å²) in [6.07, 6.45) is 1.85. The fourth-order valence-electron chi connectivity index (χ4n) is 2.18. The Bertz CT molecular complexity index is 557. The lowest BCUT2D eigenvalue weighted by Crippen LogP contribution is -2.35. The molecule has 108 valence electrons. The minimum absolute atomic E-state index is 0.258. The molecule has 0 aliphatic carbocycles. The highest BCUT2D eigenvalue weighted by Crippen LogP contribution is 2.11. The van der Waals surface area contributed by atoms with Gasteiger partial charge in [-0.25, -0.2) is 9.07 Å². The smallest absolute Gasteiger partial charge is 0.123 e. The lowest BCUT2D eigenvalue weighted by atomic mass is 10.1. The molecule has 0 amide bonds. The SMILES string of the molecule is CN(Cc1ccn(-c2ccc(F)cc2)n1)CC(C)(C)O. The van der Waals surface area contributed by atoms with Crippen molar-refractivity contribution in [1.82, 2.24) is 14.7 Å². The first kappa shape index (κ1) is 14.7. The third-order valence-corrected chi connectivity index (χ3v) is 2.82. The second-order valence-electron chi connectivity index (χ2n) is 5.71. The molecule has 20 heavy (non-hydrogen) atoms. The first-order valence-corrected chi connectivity index (χ1v) is 6.55. The fourth-order valence-corrected chi connectivity index (χ4v) is 2.18. The molecule has 0 saturated carbocycles. The quantitative estimate of drug-likeness (QED) is 0.911. The van der Waals surface area contributed by atoms with Crippen LogP contribution in [0.5, 0.6) is 0 Å². The molecule has 1 N–H and O–H groups in total. The maximum Gasteiger partial charge on any atom is 0.123 e. The van der Waals surface area contributed by atoms with E-state index in [9.17, 15) is 9.50 Å². The van der Waals surface area contributed by atoms with Gasteiger partial charge in [-0.3, -0.25) is 4.90 Å². The van der Waals surface area contributed by atoms with E-state index >= 15 is 0 Å². The number of hydrogen-bond donors (Lipinski definition) is 1. The summed E-state index contributed by atoms with van der Waals surface area (Å²) >= 11 is 0. The molecule has 2 rings (SSSR count). The Balaban J connectivity index is 2.04. The molecule has 5 heteroatoms. The van der Waals surface area contributed by atoms with Crippen molar-refractivity contribution < 1.29 is 9.50 Å². The third kappa shape index (κ3) is 4.15. The molecule has 0 aliphatic heterocycles. The summed E-state index contributed by atoms with van der Waals surface area (Å²) in [4.78, 5) is 2.01. The molecule has 0 spiro atoms. The topological polar surface area (TPSA) is 41.3 Å². The van der Waals surface area contributed by atoms with Crippen molar-refractivity contribution in [1.29, 1.82) is 0 Å². The van der Waals surface area contributed by atoms with Gasteiger partial charge in [-0.05, 0) is 51.2 Å². The van der Waals surface area contributed by atoms with Crippen LogP contribution in [0.15, 0.2) is 36.5 Å². The van der Waals surface area contributed by atoms with E-state index < -0.39 is 5.60 Å². The van der Waals surface area contributed by atoms with Gasteiger partial charge in [-0.1, -0.05) is 0 Å². The standard InChI is InChI=1S/C15H20FN3O/c1-15(2,20)11-18(3)10-13-8-9-19(17-13)14-6-4-12(16)5-7-14/h4-9,20H,10-11H2,1-3H3. The van der Waals surface area contributed by atoms with Crippen LogP contribution >= 0.6 is 0 Å². The summed E-state index contributed by atoms with van der Waals surface area (Å²) in [6, 6.07) is 8.12. The largest absolute Gasteiger partial charge is 0.389 e. The maximum absolute atomic E-state index is 12.9. The highest BCUT2D eigenvalue weighted by Gasteiger charge is 2.16. The van der Waals surface area contributed by atoms with Crippen LogP contribution in [0.2, 0.25) is 0 Å². The summed E-state index contributed by atoms with van der Waals surface area (Å²) in [5.74, 6) is -0.258. The van der Waals surface area contributed by atoms with E-state index in [2.05, 4.69) is 5.10 Å². The van der Waals surface area contributed by atoms with Gasteiger partial charge in [-0.15, -0.1) is 0 Å². The number of benzene rings is 1. The van der Waals surface area contributed by atoms with Crippen LogP contribution in [0.4, 0.5) is 4.39 Å². The van der Waals surface area contributed by atoms with Gasteiger partial charge in [0.2, 0.25) is 0 Å². The van der Waals surface area contributed by atoms with Crippen LogP contribution in [-0.4, -0.2) is 39.0 Å². The van der Waals surface area contributed by atoms with Gasteiger partial charge < -0.3 is 5.11 Å². The van der Waals surface area contributed by atoms with E-state index in [1.807, 2.05) is 24.2 Å². The normalized spacial score (nSPS) is 12.1. The number of hydrogen-bond acceptors (Lipinski definition) is 3. The number of rotatable bonds is 5. The third-order valence-electron chi connectivity index (χ3n) is 2.82. The predicted octanol–water partition coefficient (Wildman–Crippen LogP) is 2.21. The summed E-state index contributed by atoms with van der Waals surface area (Å²) in [6.45, 7) is 4.77. The molecule has 0 atom stereocenters. The first-order chi connectivity index (χ1) is 9.33. The van der Waals surface area contributed by atoms with Crippen molar-refractivity contribution in [3.05, 3.63) is 48.0 Å². The van der Waals surface area contributed by atoms with Crippen LogP contribution in [0, 0.1) is 5.82 Å². The van der Waals surface area contributed by atoms with Gasteiger partial charge in [0.05, 0.1) is 17.0 Å². The Kier molecular flexibility index (Phi) is 4.20. The van der Waals surface area contributed by atoms with Crippen molar-refractivity contribution in [2.75, 3.05) is 13.6 Å². The Labute approximate surface area is 118 Å². The molecular weight excluding hydrogens is 257 g/mol. The summed E-state index contributed by atoms with van der Waals surface area (Å²) in [7, 11) is 1.94. The molecule has 1 aromatic heterocycles. The average Bonchev–Trinajstić information content (AvgIpc) is 2.75. The van der Waals surface area contributed by atoms with Crippen LogP contribution in [-0.2, 0) is 6.54 Å². The van der Waals surface area contributed by atoms with E-state index in [0.717, 1.165) is 11.4 Å². The Hall–Kier alpha value is -1.72. The van der Waals surface area contributed by atoms with Gasteiger partial charge in [0, 0.05) is 19.3 Å². The van der Waals surface area contributed by atoms with Crippen molar-refractivity contribution in [3.63, 3.8) is 0 Å². The van der Waals surface area contributed by atoms with E-state index in [1.165, 1.54) is 12.1 Å². The van der Waals surface area contributed by atoms with Gasteiger partial charge in [-0.2, -0.15) is 5.10 Å². The zero-order valence-electron chi connectivity index (χ0n) is 12.0. The van der Waals surface area contributed by atoms with E-state index in [0.29, 0.717) is 13.1 Å². The van der Waals surface area contributed by atoms with E-state index in [-0.39, 0.29) is 5.82 Å². The molecule has 4 nitrogen and oxygen atoms in total. The molecular formula is C15H20FN3O. The highest BCUT2D eigenvalue weighted by molar-refractivity contribution is 5.31. The molecule has 2 aromatic rings. The lowest BCUT2D eigenvalue weighted by Gasteiger charge is -2.24. The lowest BCUT2D eigenvalue weighted by molar-refractivity contribution is 0.0421. The van der Waals surface area contributed by atoms with E-state index in [4.69, 9.17) is 0 Å². The molecule has 0 aliphatic rings. The van der Waals surface area contributed by atoms with Crippen LogP contribution in [0.1, 0.15) is 19.5 Å². The molecule has 0 fully saturated rings. The van der Waals surface area contributed by atoms with Crippen molar-refractivity contribution in [2.24, 2.45) is 0 Å². The minimum Gasteiger partial charge on any atom is -0.389 e. The maximum atomic E-state index is 12.9. The minimum atomic E-state index is -0.728. The zero-order chi connectivity index (χ0) is 14.8. The van der Waals surface area contributed by atoms with Gasteiger partial charge >= 0.3 is 0 Å². The zero-order valence-corrected chi connectivity index (χ0v) is 12.0. The molecule has 0 bridgehead atoms. The Morgan fingerprint density at radius 1 is 1.25 bits per heavy atom. The van der Waals surface area contributed by atoms with Crippen molar-refractivity contribution in [3.8, 4) is 5.69 Å². The molecule has 0 radical (unpaired) electrons. The number of aliphatic hydroxyl groups is 1. The summed E-state index contributed by atoms with van der Waals surface area (Å²) < 4.78 is 14.6. The Morgan fingerprint density at radius 2 is 1.90 bits per heavy atom. The molecule has 0 unspecified atom stereocenters. The van der Waals surface area contributed by atoms with Gasteiger partial charge in [0.25, 0.3) is 0 Å². The molecule has 1 aromatic carbocycles. The number of likely N-dealkylation sites (N-methyl/N-ethyl adjacent to an activating group) is 1. The Morgan fingerprint density at radius 3 is 2.50 bits per heavy atom. The molecule has 0 saturated heterocycles. The number of nitrogens with zero attached hydrogens (tertiary/aromatic N) is 3. The number of aromatic nitrogens is 2. The average molecular weight is 277 g/mol. The summed E-state index contributed by atoms with van der Waals surface area (Å²) in [5.41, 5.74) is 0.998. The van der Waals surface area contributed by atoms with Crippen LogP contribution < -0.4 is 0 Å². The summed E-state index contributed by atoms with van der Waals surface area (Å²) in [5, 5.41) is 14.2. The second-order valence-corrected chi connectivity index (χ2v) is 5.71. The van der Waals surface area contributed by atoms with Crippen molar-refractivity contribution in [2.45, 2.75) is 26.0 Å². The first-order valence-electron chi connectivity index (χ1n) is 6.55. The molecule has 1 heterocycles. The van der Waals surface area contributed by atoms with Crippen LogP contribution in [0.25, 0.3) is 5.69 Å².